The minimum atomic E-state index is -5.06. The van der Waals surface area contributed by atoms with Crippen molar-refractivity contribution in [3.8, 4) is 0 Å². The van der Waals surface area contributed by atoms with Gasteiger partial charge in [0.05, 0.1) is 13.2 Å². The van der Waals surface area contributed by atoms with Crippen LogP contribution in [0.1, 0.15) is 25.0 Å². The highest BCUT2D eigenvalue weighted by Gasteiger charge is 2.54. The number of halogens is 10. The van der Waals surface area contributed by atoms with Crippen molar-refractivity contribution in [2.45, 2.75) is 56.0 Å². The maximum absolute atomic E-state index is 12.6. The molecule has 180 valence electrons. The lowest BCUT2D eigenvalue weighted by atomic mass is 9.88. The normalized spacial score (nSPS) is 21.1. The third-order valence-electron chi connectivity index (χ3n) is 4.21. The van der Waals surface area contributed by atoms with E-state index < -0.39 is 59.9 Å². The van der Waals surface area contributed by atoms with E-state index in [-0.39, 0.29) is 0 Å². The predicted octanol–water partition coefficient (Wildman–Crippen LogP) is 4.49. The van der Waals surface area contributed by atoms with E-state index in [0.717, 1.165) is 18.2 Å². The number of benzene rings is 1. The summed E-state index contributed by atoms with van der Waals surface area (Å²) in [6.45, 7) is 0.680. The molecule has 0 aromatic heterocycles. The van der Waals surface area contributed by atoms with Crippen molar-refractivity contribution in [3.05, 3.63) is 35.4 Å². The molecule has 31 heavy (non-hydrogen) atoms. The van der Waals surface area contributed by atoms with Gasteiger partial charge in [-0.2, -0.15) is 35.1 Å². The molecular formula is C17H18F10O4. The highest BCUT2D eigenvalue weighted by Crippen LogP contribution is 2.42. The van der Waals surface area contributed by atoms with Crippen molar-refractivity contribution in [1.82, 2.24) is 0 Å². The lowest BCUT2D eigenvalue weighted by Gasteiger charge is -2.30. The molecule has 0 radical (unpaired) electrons. The van der Waals surface area contributed by atoms with Crippen LogP contribution in [0.5, 0.6) is 0 Å². The van der Waals surface area contributed by atoms with E-state index >= 15 is 0 Å². The average Bonchev–Trinajstić information content (AvgIpc) is 3.43. The smallest absolute Gasteiger partial charge is 0.376 e. The van der Waals surface area contributed by atoms with Crippen LogP contribution >= 0.6 is 0 Å². The third-order valence-corrected chi connectivity index (χ3v) is 4.21. The van der Waals surface area contributed by atoms with E-state index in [1.807, 2.05) is 0 Å². The van der Waals surface area contributed by atoms with Crippen molar-refractivity contribution in [2.24, 2.45) is 0 Å². The molecule has 2 rings (SSSR count). The monoisotopic (exact) mass is 476 g/mol. The molecule has 1 aliphatic rings. The first kappa shape index (κ1) is 27.4. The Morgan fingerprint density at radius 1 is 0.935 bits per heavy atom. The number of epoxide rings is 1. The van der Waals surface area contributed by atoms with Gasteiger partial charge in [-0.25, -0.2) is 8.78 Å². The number of ether oxygens (including phenoxy) is 2. The first-order valence-corrected chi connectivity index (χ1v) is 8.34. The molecule has 1 aromatic carbocycles. The summed E-state index contributed by atoms with van der Waals surface area (Å²) in [5.41, 5.74) is -8.20. The molecule has 0 spiro atoms. The Morgan fingerprint density at radius 2 is 1.32 bits per heavy atom. The number of rotatable bonds is 6. The third kappa shape index (κ3) is 6.92. The van der Waals surface area contributed by atoms with Crippen LogP contribution in [0.2, 0.25) is 0 Å². The zero-order valence-electron chi connectivity index (χ0n) is 15.9. The molecule has 1 fully saturated rings. The van der Waals surface area contributed by atoms with Crippen molar-refractivity contribution in [3.63, 3.8) is 0 Å². The van der Waals surface area contributed by atoms with Gasteiger partial charge in [-0.3, -0.25) is 0 Å². The fourth-order valence-corrected chi connectivity index (χ4v) is 1.88. The Hall–Kier alpha value is -1.64. The first-order chi connectivity index (χ1) is 13.7. The zero-order valence-corrected chi connectivity index (χ0v) is 15.9. The lowest BCUT2D eigenvalue weighted by Crippen LogP contribution is -2.41. The molecule has 1 heterocycles. The molecule has 1 aromatic rings. The molecule has 1 saturated heterocycles. The molecule has 4 nitrogen and oxygen atoms in total. The van der Waals surface area contributed by atoms with Gasteiger partial charge in [0.25, 0.3) is 0 Å². The maximum Gasteiger partial charge on any atom is 0.421 e. The highest BCUT2D eigenvalue weighted by atomic mass is 19.4. The van der Waals surface area contributed by atoms with Gasteiger partial charge in [0.15, 0.2) is 11.2 Å². The summed E-state index contributed by atoms with van der Waals surface area (Å²) in [5.74, 6) is 0. The fraction of sp³-hybridized carbons (Fsp3) is 0.647. The van der Waals surface area contributed by atoms with E-state index in [1.54, 1.807) is 0 Å². The second kappa shape index (κ2) is 9.08. The van der Waals surface area contributed by atoms with Gasteiger partial charge in [-0.05, 0) is 31.0 Å². The quantitative estimate of drug-likeness (QED) is 0.470. The lowest BCUT2D eigenvalue weighted by molar-refractivity contribution is -0.301. The summed E-state index contributed by atoms with van der Waals surface area (Å²) in [7, 11) is 0. The minimum absolute atomic E-state index is 0.305. The Balaban J connectivity index is 0.000000367. The van der Waals surface area contributed by atoms with Crippen LogP contribution < -0.4 is 0 Å². The van der Waals surface area contributed by atoms with Crippen molar-refractivity contribution < 1.29 is 63.6 Å². The van der Waals surface area contributed by atoms with E-state index in [4.69, 9.17) is 0 Å². The van der Waals surface area contributed by atoms with Crippen LogP contribution in [0.15, 0.2) is 24.3 Å². The van der Waals surface area contributed by atoms with Crippen molar-refractivity contribution in [2.75, 3.05) is 13.2 Å². The van der Waals surface area contributed by atoms with Crippen LogP contribution in [-0.4, -0.2) is 54.4 Å². The maximum atomic E-state index is 12.6. The van der Waals surface area contributed by atoms with Crippen LogP contribution in [0.25, 0.3) is 0 Å². The standard InChI is InChI=1S/C12H12F6O2.C5H6F4O2/c1-9(19,11(13,14)15)7-4-3-5-8(6-7)10(2,20)12(16,17)18;6-4(7)5(8,9)11-2-3-1-10-3/h3-6,19-20H,1-2H3;3-4H,1-2H2. The number of hydrogen-bond acceptors (Lipinski definition) is 4. The molecule has 0 aliphatic carbocycles. The van der Waals surface area contributed by atoms with Crippen LogP contribution in [-0.2, 0) is 20.7 Å². The summed E-state index contributed by atoms with van der Waals surface area (Å²) in [4.78, 5) is 0. The van der Waals surface area contributed by atoms with E-state index in [2.05, 4.69) is 9.47 Å². The molecule has 2 N–H and O–H groups in total. The van der Waals surface area contributed by atoms with Gasteiger partial charge in [-0.1, -0.05) is 18.2 Å². The molecule has 3 atom stereocenters. The zero-order chi connectivity index (χ0) is 24.5. The van der Waals surface area contributed by atoms with Crippen molar-refractivity contribution >= 4 is 0 Å². The van der Waals surface area contributed by atoms with Gasteiger partial charge < -0.3 is 19.7 Å². The number of alkyl halides is 10. The Kier molecular flexibility index (Phi) is 8.02. The number of hydrogen-bond donors (Lipinski definition) is 2. The summed E-state index contributed by atoms with van der Waals surface area (Å²) < 4.78 is 131. The summed E-state index contributed by atoms with van der Waals surface area (Å²) >= 11 is 0. The van der Waals surface area contributed by atoms with Gasteiger partial charge in [-0.15, -0.1) is 0 Å². The van der Waals surface area contributed by atoms with E-state index in [9.17, 15) is 54.1 Å². The first-order valence-electron chi connectivity index (χ1n) is 8.34. The number of aliphatic hydroxyl groups is 2. The summed E-state index contributed by atoms with van der Waals surface area (Å²) in [5, 5.41) is 18.9. The van der Waals surface area contributed by atoms with E-state index in [0.29, 0.717) is 26.5 Å². The molecule has 0 saturated carbocycles. The Labute approximate surface area is 169 Å². The van der Waals surface area contributed by atoms with Gasteiger partial charge >= 0.3 is 24.9 Å². The van der Waals surface area contributed by atoms with Crippen LogP contribution in [0.4, 0.5) is 43.9 Å². The molecule has 3 unspecified atom stereocenters. The molecule has 0 bridgehead atoms. The van der Waals surface area contributed by atoms with E-state index in [1.165, 1.54) is 0 Å². The Morgan fingerprint density at radius 3 is 1.61 bits per heavy atom. The molecule has 0 amide bonds. The molecular weight excluding hydrogens is 458 g/mol. The van der Waals surface area contributed by atoms with Crippen LogP contribution in [0, 0.1) is 0 Å². The van der Waals surface area contributed by atoms with Gasteiger partial charge in [0, 0.05) is 0 Å². The van der Waals surface area contributed by atoms with Gasteiger partial charge in [0.1, 0.15) is 6.10 Å². The highest BCUT2D eigenvalue weighted by molar-refractivity contribution is 5.33. The minimum Gasteiger partial charge on any atom is -0.376 e. The molecule has 14 heteroatoms. The predicted molar refractivity (Wildman–Crippen MR) is 84.3 cm³/mol. The summed E-state index contributed by atoms with van der Waals surface area (Å²) in [6, 6.07) is 3.07. The van der Waals surface area contributed by atoms with Crippen LogP contribution in [0.3, 0.4) is 0 Å². The Bertz CT molecular complexity index is 683. The van der Waals surface area contributed by atoms with Crippen molar-refractivity contribution in [1.29, 1.82) is 0 Å². The van der Waals surface area contributed by atoms with Gasteiger partial charge in [0.2, 0.25) is 0 Å². The fourth-order valence-electron chi connectivity index (χ4n) is 1.88. The second-order valence-corrected chi connectivity index (χ2v) is 6.85. The SMILES string of the molecule is CC(O)(c1cccc(C(C)(O)C(F)(F)F)c1)C(F)(F)F.FC(F)C(F)(F)OCC1CO1. The largest absolute Gasteiger partial charge is 0.421 e. The second-order valence-electron chi connectivity index (χ2n) is 6.85. The topological polar surface area (TPSA) is 62.2 Å². The summed E-state index contributed by atoms with van der Waals surface area (Å²) in [6.07, 6.45) is -18.7. The average molecular weight is 476 g/mol. The molecule has 1 aliphatic heterocycles.